The van der Waals surface area contributed by atoms with Crippen LogP contribution in [0.4, 0.5) is 10.1 Å². The molecule has 1 saturated heterocycles. The van der Waals surface area contributed by atoms with Crippen molar-refractivity contribution in [3.63, 3.8) is 0 Å². The number of nitrogens with zero attached hydrogens (tertiary/aromatic N) is 4. The van der Waals surface area contributed by atoms with Gasteiger partial charge in [0, 0.05) is 43.5 Å². The number of benzene rings is 1. The molecule has 0 radical (unpaired) electrons. The summed E-state index contributed by atoms with van der Waals surface area (Å²) in [5, 5.41) is 1.23. The zero-order valence-corrected chi connectivity index (χ0v) is 24.1. The van der Waals surface area contributed by atoms with E-state index in [1.54, 1.807) is 6.92 Å². The zero-order valence-electron chi connectivity index (χ0n) is 24.1. The third-order valence-electron chi connectivity index (χ3n) is 8.96. The van der Waals surface area contributed by atoms with Crippen molar-refractivity contribution in [3.8, 4) is 0 Å². The highest BCUT2D eigenvalue weighted by molar-refractivity contribution is 5.99. The summed E-state index contributed by atoms with van der Waals surface area (Å²) in [6.07, 6.45) is 7.83. The molecule has 5 heteroatoms. The average Bonchev–Trinajstić information content (AvgIpc) is 3.64. The van der Waals surface area contributed by atoms with Crippen LogP contribution >= 0.6 is 0 Å². The number of fused-ring (bicyclic) bond motifs is 1. The third-order valence-corrected chi connectivity index (χ3v) is 8.96. The Kier molecular flexibility index (Phi) is 7.93. The smallest absolute Gasteiger partial charge is 0.135 e. The molecule has 2 aliphatic heterocycles. The van der Waals surface area contributed by atoms with Crippen LogP contribution in [-0.4, -0.2) is 41.0 Å². The molecule has 2 fully saturated rings. The molecule has 0 bridgehead atoms. The summed E-state index contributed by atoms with van der Waals surface area (Å²) in [7, 11) is 0. The number of piperidine rings is 1. The third kappa shape index (κ3) is 5.67. The highest BCUT2D eigenvalue weighted by Gasteiger charge is 2.27. The molecule has 5 rings (SSSR count). The van der Waals surface area contributed by atoms with Gasteiger partial charge >= 0.3 is 0 Å². The fourth-order valence-electron chi connectivity index (χ4n) is 6.34. The van der Waals surface area contributed by atoms with Crippen molar-refractivity contribution in [2.24, 2.45) is 27.7 Å². The molecule has 2 aromatic rings. The molecule has 1 aromatic heterocycles. The van der Waals surface area contributed by atoms with E-state index in [0.29, 0.717) is 12.3 Å². The van der Waals surface area contributed by atoms with Crippen LogP contribution in [0.1, 0.15) is 82.2 Å². The van der Waals surface area contributed by atoms with Crippen molar-refractivity contribution in [2.45, 2.75) is 85.9 Å². The number of halogens is 1. The van der Waals surface area contributed by atoms with Crippen LogP contribution in [0.25, 0.3) is 11.8 Å². The predicted octanol–water partition coefficient (Wildman–Crippen LogP) is 6.39. The van der Waals surface area contributed by atoms with E-state index in [2.05, 4.69) is 68.0 Å². The fraction of sp³-hybridized carbons (Fsp3) is 0.576. The van der Waals surface area contributed by atoms with Crippen molar-refractivity contribution in [2.75, 3.05) is 19.6 Å². The van der Waals surface area contributed by atoms with Crippen LogP contribution in [0.2, 0.25) is 0 Å². The maximum Gasteiger partial charge on any atom is 0.135 e. The van der Waals surface area contributed by atoms with Gasteiger partial charge in [0.25, 0.3) is 0 Å². The van der Waals surface area contributed by atoms with Crippen molar-refractivity contribution < 1.29 is 4.39 Å². The number of rotatable bonds is 9. The van der Waals surface area contributed by atoms with Crippen LogP contribution < -0.4 is 10.7 Å². The van der Waals surface area contributed by atoms with Crippen LogP contribution in [0.15, 0.2) is 34.8 Å². The Morgan fingerprint density at radius 3 is 2.71 bits per heavy atom. The summed E-state index contributed by atoms with van der Waals surface area (Å²) in [6, 6.07) is 6.59. The van der Waals surface area contributed by atoms with Gasteiger partial charge in [0.2, 0.25) is 0 Å². The molecule has 3 heterocycles. The van der Waals surface area contributed by atoms with Gasteiger partial charge in [-0.05, 0) is 99.1 Å². The summed E-state index contributed by atoms with van der Waals surface area (Å²) < 4.78 is 16.7. The highest BCUT2D eigenvalue weighted by Crippen LogP contribution is 2.35. The number of hydrogen-bond acceptors (Lipinski definition) is 3. The van der Waals surface area contributed by atoms with Gasteiger partial charge in [0.05, 0.1) is 17.1 Å². The molecule has 3 aliphatic rings. The first kappa shape index (κ1) is 26.9. The number of aromatic nitrogens is 1. The van der Waals surface area contributed by atoms with E-state index in [1.807, 2.05) is 0 Å². The quantitative estimate of drug-likeness (QED) is 0.356. The van der Waals surface area contributed by atoms with E-state index in [-0.39, 0.29) is 0 Å². The van der Waals surface area contributed by atoms with Gasteiger partial charge in [-0.2, -0.15) is 0 Å². The van der Waals surface area contributed by atoms with E-state index in [0.717, 1.165) is 89.4 Å². The minimum absolute atomic E-state index is 0.392. The van der Waals surface area contributed by atoms with E-state index in [9.17, 15) is 4.39 Å². The SMILES string of the molecule is C=C(c1cc(CC(C)F)c(C)c(N=C(C)c2cc3c(n2CC2CC2)=NCCC=3)c1)N1CCC(CC)C(C)C1. The molecule has 3 atom stereocenters. The predicted molar refractivity (Wildman–Crippen MR) is 157 cm³/mol. The maximum absolute atomic E-state index is 14.3. The lowest BCUT2D eigenvalue weighted by Crippen LogP contribution is -2.37. The van der Waals surface area contributed by atoms with Crippen molar-refractivity contribution in [3.05, 3.63) is 57.9 Å². The van der Waals surface area contributed by atoms with Crippen molar-refractivity contribution in [1.29, 1.82) is 0 Å². The number of aliphatic imine (C=N–C) groups is 1. The van der Waals surface area contributed by atoms with Crippen molar-refractivity contribution >= 4 is 23.2 Å². The lowest BCUT2D eigenvalue weighted by Gasteiger charge is -2.39. The van der Waals surface area contributed by atoms with Crippen LogP contribution in [0.5, 0.6) is 0 Å². The second-order valence-electron chi connectivity index (χ2n) is 12.0. The lowest BCUT2D eigenvalue weighted by atomic mass is 9.84. The highest BCUT2D eigenvalue weighted by atomic mass is 19.1. The molecular weight excluding hydrogens is 471 g/mol. The van der Waals surface area contributed by atoms with Gasteiger partial charge < -0.3 is 9.47 Å². The van der Waals surface area contributed by atoms with Gasteiger partial charge in [-0.25, -0.2) is 4.39 Å². The Bertz CT molecular complexity index is 1340. The van der Waals surface area contributed by atoms with Gasteiger partial charge in [-0.15, -0.1) is 0 Å². The van der Waals surface area contributed by atoms with Crippen LogP contribution in [-0.2, 0) is 13.0 Å². The largest absolute Gasteiger partial charge is 0.371 e. The van der Waals surface area contributed by atoms with E-state index >= 15 is 0 Å². The summed E-state index contributed by atoms with van der Waals surface area (Å²) in [5.41, 5.74) is 8.37. The average molecular weight is 517 g/mol. The molecule has 1 saturated carbocycles. The normalized spacial score (nSPS) is 22.5. The second-order valence-corrected chi connectivity index (χ2v) is 12.0. The molecule has 38 heavy (non-hydrogen) atoms. The molecule has 1 aliphatic carbocycles. The molecule has 4 nitrogen and oxygen atoms in total. The minimum Gasteiger partial charge on any atom is -0.371 e. The van der Waals surface area contributed by atoms with Gasteiger partial charge in [-0.1, -0.05) is 32.9 Å². The van der Waals surface area contributed by atoms with Crippen molar-refractivity contribution in [1.82, 2.24) is 9.47 Å². The first-order chi connectivity index (χ1) is 18.2. The monoisotopic (exact) mass is 516 g/mol. The zero-order chi connectivity index (χ0) is 27.0. The standard InChI is InChI=1S/C33H45FN4/c1-7-27-12-14-37(19-21(27)2)25(6)30-16-29(15-22(3)34)23(4)31(17-30)36-24(5)32-18-28-9-8-13-35-33(28)38(32)20-26-10-11-26/h9,16-18,21-22,26-27H,6-8,10-15,19-20H2,1-5H3. The van der Waals surface area contributed by atoms with Gasteiger partial charge in [-0.3, -0.25) is 9.98 Å². The van der Waals surface area contributed by atoms with Crippen LogP contribution in [0, 0.1) is 24.7 Å². The lowest BCUT2D eigenvalue weighted by molar-refractivity contribution is 0.178. The summed E-state index contributed by atoms with van der Waals surface area (Å²) in [6.45, 7) is 18.9. The first-order valence-corrected chi connectivity index (χ1v) is 14.8. The molecule has 204 valence electrons. The van der Waals surface area contributed by atoms with Gasteiger partial charge in [0.15, 0.2) is 0 Å². The molecular formula is C33H45FN4. The van der Waals surface area contributed by atoms with Crippen LogP contribution in [0.3, 0.4) is 0 Å². The van der Waals surface area contributed by atoms with E-state index in [1.165, 1.54) is 30.9 Å². The van der Waals surface area contributed by atoms with E-state index in [4.69, 9.17) is 9.98 Å². The second kappa shape index (κ2) is 11.2. The molecule has 0 amide bonds. The minimum atomic E-state index is -0.907. The molecule has 0 N–H and O–H groups in total. The number of likely N-dealkylation sites (tertiary alicyclic amines) is 1. The summed E-state index contributed by atoms with van der Waals surface area (Å²) >= 11 is 0. The van der Waals surface area contributed by atoms with Gasteiger partial charge in [0.1, 0.15) is 11.7 Å². The Hall–Kier alpha value is -2.69. The molecule has 1 aromatic carbocycles. The Labute approximate surface area is 228 Å². The number of alkyl halides is 1. The number of hydrogen-bond donors (Lipinski definition) is 0. The molecule has 3 unspecified atom stereocenters. The first-order valence-electron chi connectivity index (χ1n) is 14.8. The molecule has 0 spiro atoms. The Morgan fingerprint density at radius 1 is 1.24 bits per heavy atom. The fourth-order valence-corrected chi connectivity index (χ4v) is 6.34. The maximum atomic E-state index is 14.3. The topological polar surface area (TPSA) is 32.9 Å². The van der Waals surface area contributed by atoms with E-state index < -0.39 is 6.17 Å². The summed E-state index contributed by atoms with van der Waals surface area (Å²) in [4.78, 5) is 12.5. The summed E-state index contributed by atoms with van der Waals surface area (Å²) in [5.74, 6) is 2.18. The Balaban J connectivity index is 1.53. The Morgan fingerprint density at radius 2 is 2.03 bits per heavy atom.